The first-order chi connectivity index (χ1) is 24.7. The van der Waals surface area contributed by atoms with Crippen LogP contribution in [-0.4, -0.2) is 34.4 Å². The van der Waals surface area contributed by atoms with Gasteiger partial charge in [0.25, 0.3) is 0 Å². The van der Waals surface area contributed by atoms with E-state index >= 15 is 0 Å². The maximum absolute atomic E-state index is 5.05. The third-order valence-corrected chi connectivity index (χ3v) is 12.7. The first kappa shape index (κ1) is 29.2. The average molecular weight is 722 g/mol. The predicted molar refractivity (Wildman–Crippen MR) is 210 cm³/mol. The summed E-state index contributed by atoms with van der Waals surface area (Å²) < 4.78 is 5.04. The molecule has 0 saturated carbocycles. The second-order valence-corrected chi connectivity index (χ2v) is 15.5. The number of thiophene rings is 1. The van der Waals surface area contributed by atoms with Gasteiger partial charge in [-0.05, 0) is 0 Å². The van der Waals surface area contributed by atoms with Crippen LogP contribution in [0.15, 0.2) is 158 Å². The van der Waals surface area contributed by atoms with Crippen molar-refractivity contribution < 1.29 is 0 Å². The predicted octanol–water partition coefficient (Wildman–Crippen LogP) is 11.3. The van der Waals surface area contributed by atoms with E-state index in [1.807, 2.05) is 72.0 Å². The second kappa shape index (κ2) is 12.0. The summed E-state index contributed by atoms with van der Waals surface area (Å²) >= 11 is 1.96. The summed E-state index contributed by atoms with van der Waals surface area (Å²) in [7, 11) is 0. The summed E-state index contributed by atoms with van der Waals surface area (Å²) in [5, 5.41) is 5.06. The topological polar surface area (TPSA) is 51.6 Å². The van der Waals surface area contributed by atoms with Crippen LogP contribution in [0.4, 0.5) is 0 Å². The van der Waals surface area contributed by atoms with Gasteiger partial charge < -0.3 is 0 Å². The fourth-order valence-corrected chi connectivity index (χ4v) is 10.0. The Kier molecular flexibility index (Phi) is 6.98. The minimum atomic E-state index is 0.155. The van der Waals surface area contributed by atoms with Crippen molar-refractivity contribution in [1.82, 2.24) is 19.9 Å². The van der Waals surface area contributed by atoms with Crippen LogP contribution in [0.1, 0.15) is 0 Å². The smallest absolute Gasteiger partial charge is 0.0512 e. The zero-order valence-corrected chi connectivity index (χ0v) is 29.1. The zero-order valence-electron chi connectivity index (χ0n) is 26.6. The fraction of sp³-hybridized carbons (Fsp3) is 0. The van der Waals surface area contributed by atoms with Crippen LogP contribution < -0.4 is 0 Å². The standard InChI is InChI=1S/C44H26N4SSe/c1-4-10-28(11-5-1)41-46-42(29-12-6-2-7-13-29)48-43(47-41)33-18-21-34-36-25-32(20-23-38(36)49-39(34)26-33)31-17-16-27-19-22-37-40(35(27)24-31)50-44(45-37)30-14-8-3-9-15-30/h1-26H. The summed E-state index contributed by atoms with van der Waals surface area (Å²) in [6.45, 7) is 0. The number of hydrogen-bond donors (Lipinski definition) is 0. The van der Waals surface area contributed by atoms with E-state index in [1.165, 1.54) is 56.5 Å². The molecule has 0 saturated heterocycles. The molecular weight excluding hydrogens is 696 g/mol. The van der Waals surface area contributed by atoms with Gasteiger partial charge in [0.05, 0.1) is 0 Å². The van der Waals surface area contributed by atoms with Gasteiger partial charge in [0.1, 0.15) is 0 Å². The van der Waals surface area contributed by atoms with E-state index in [1.54, 1.807) is 0 Å². The molecule has 0 fully saturated rings. The largest absolute Gasteiger partial charge is 0.208 e. The van der Waals surface area contributed by atoms with Gasteiger partial charge in [0, 0.05) is 11.1 Å². The molecule has 10 rings (SSSR count). The van der Waals surface area contributed by atoms with Crippen LogP contribution in [-0.2, 0) is 0 Å². The van der Waals surface area contributed by atoms with Crippen LogP contribution in [0.25, 0.3) is 96.1 Å². The molecule has 0 bridgehead atoms. The zero-order chi connectivity index (χ0) is 33.0. The molecule has 0 amide bonds. The number of nitrogens with zero attached hydrogens (tertiary/aromatic N) is 4. The molecule has 234 valence electrons. The summed E-state index contributed by atoms with van der Waals surface area (Å²) in [5.41, 5.74) is 7.67. The maximum Gasteiger partial charge on any atom is -0.0512 e. The Balaban J connectivity index is 1.06. The van der Waals surface area contributed by atoms with E-state index in [4.69, 9.17) is 19.9 Å². The molecule has 7 aromatic carbocycles. The SMILES string of the molecule is c1ccc(-c2nc(-c3ccccc3)nc(-c3ccc4c(c3)sc3ccc(-c5ccc6ccc7nc(-c8ccccc8)[se]c7c6c5)cc34)n2)cc1. The van der Waals surface area contributed by atoms with Crippen molar-refractivity contribution in [3.8, 4) is 55.4 Å². The van der Waals surface area contributed by atoms with E-state index in [-0.39, 0.29) is 14.5 Å². The Hall–Kier alpha value is -5.78. The number of fused-ring (bicyclic) bond motifs is 6. The molecule has 10 aromatic rings. The van der Waals surface area contributed by atoms with Gasteiger partial charge in [-0.1, -0.05) is 60.7 Å². The Labute approximate surface area is 298 Å². The van der Waals surface area contributed by atoms with Crippen molar-refractivity contribution in [3.63, 3.8) is 0 Å². The van der Waals surface area contributed by atoms with Crippen molar-refractivity contribution in [3.05, 3.63) is 158 Å². The number of aromatic nitrogens is 4. The Morgan fingerprint density at radius 2 is 0.940 bits per heavy atom. The number of rotatable bonds is 5. The summed E-state index contributed by atoms with van der Waals surface area (Å²) in [6, 6.07) is 55.5. The molecule has 0 aliphatic heterocycles. The van der Waals surface area contributed by atoms with Gasteiger partial charge in [0.2, 0.25) is 0 Å². The third-order valence-electron chi connectivity index (χ3n) is 9.15. The molecule has 0 atom stereocenters. The Morgan fingerprint density at radius 3 is 1.62 bits per heavy atom. The molecule has 0 unspecified atom stereocenters. The molecule has 0 spiro atoms. The van der Waals surface area contributed by atoms with Crippen molar-refractivity contribution in [2.75, 3.05) is 0 Å². The van der Waals surface area contributed by atoms with Gasteiger partial charge in [-0.25, -0.2) is 15.0 Å². The normalized spacial score (nSPS) is 11.6. The van der Waals surface area contributed by atoms with Crippen LogP contribution in [0, 0.1) is 0 Å². The molecule has 6 heteroatoms. The van der Waals surface area contributed by atoms with Gasteiger partial charge in [-0.15, -0.1) is 0 Å². The summed E-state index contributed by atoms with van der Waals surface area (Å²) in [6.07, 6.45) is 0. The van der Waals surface area contributed by atoms with E-state index in [9.17, 15) is 0 Å². The molecule has 50 heavy (non-hydrogen) atoms. The van der Waals surface area contributed by atoms with Gasteiger partial charge in [0.15, 0.2) is 11.6 Å². The van der Waals surface area contributed by atoms with Crippen molar-refractivity contribution in [2.24, 2.45) is 0 Å². The van der Waals surface area contributed by atoms with Gasteiger partial charge in [-0.2, -0.15) is 0 Å². The molecule has 0 radical (unpaired) electrons. The van der Waals surface area contributed by atoms with E-state index in [2.05, 4.69) is 97.1 Å². The third kappa shape index (κ3) is 5.13. The van der Waals surface area contributed by atoms with Crippen LogP contribution in [0.5, 0.6) is 0 Å². The van der Waals surface area contributed by atoms with Crippen LogP contribution in [0.2, 0.25) is 0 Å². The molecule has 0 aliphatic rings. The molecule has 3 heterocycles. The van der Waals surface area contributed by atoms with Gasteiger partial charge >= 0.3 is 201 Å². The quantitative estimate of drug-likeness (QED) is 0.166. The fourth-order valence-electron chi connectivity index (χ4n) is 6.62. The van der Waals surface area contributed by atoms with E-state index in [0.717, 1.165) is 22.2 Å². The maximum atomic E-state index is 5.05. The van der Waals surface area contributed by atoms with Crippen LogP contribution >= 0.6 is 11.3 Å². The molecular formula is C44H26N4SSe. The van der Waals surface area contributed by atoms with Gasteiger partial charge in [-0.3, -0.25) is 0 Å². The first-order valence-corrected chi connectivity index (χ1v) is 19.0. The van der Waals surface area contributed by atoms with Crippen molar-refractivity contribution in [2.45, 2.75) is 0 Å². The number of benzene rings is 7. The summed E-state index contributed by atoms with van der Waals surface area (Å²) in [5.74, 6) is 2.00. The number of hydrogen-bond acceptors (Lipinski definition) is 5. The van der Waals surface area contributed by atoms with Crippen molar-refractivity contribution >= 4 is 66.6 Å². The van der Waals surface area contributed by atoms with E-state index in [0.29, 0.717) is 17.5 Å². The minimum absolute atomic E-state index is 0.155. The second-order valence-electron chi connectivity index (χ2n) is 12.3. The molecule has 4 nitrogen and oxygen atoms in total. The molecule has 0 N–H and O–H groups in total. The summed E-state index contributed by atoms with van der Waals surface area (Å²) in [4.78, 5) is 19.8. The molecule has 0 aliphatic carbocycles. The molecule has 3 aromatic heterocycles. The Morgan fingerprint density at radius 1 is 0.380 bits per heavy atom. The average Bonchev–Trinajstić information content (AvgIpc) is 3.80. The first-order valence-electron chi connectivity index (χ1n) is 16.5. The monoisotopic (exact) mass is 722 g/mol. The Bertz CT molecular complexity index is 2810. The van der Waals surface area contributed by atoms with Crippen LogP contribution in [0.3, 0.4) is 0 Å². The minimum Gasteiger partial charge on any atom is -0.208 e. The van der Waals surface area contributed by atoms with E-state index < -0.39 is 0 Å². The van der Waals surface area contributed by atoms with Crippen molar-refractivity contribution in [1.29, 1.82) is 0 Å².